The number of hydrogen-bond acceptors (Lipinski definition) is 0. The van der Waals surface area contributed by atoms with Gasteiger partial charge in [0.25, 0.3) is 0 Å². The summed E-state index contributed by atoms with van der Waals surface area (Å²) in [6.07, 6.45) is 2.57. The fourth-order valence-electron chi connectivity index (χ4n) is 1.91. The standard InChI is InChI=1S/C11H23Br/c1-6-11(7-2,8-12)10(5)9(3)4/h9-10H,6-8H2,1-5H3. The highest BCUT2D eigenvalue weighted by Crippen LogP contribution is 2.40. The Kier molecular flexibility index (Phi) is 5.47. The minimum Gasteiger partial charge on any atom is -0.0922 e. The smallest absolute Gasteiger partial charge is 0.00904 e. The fraction of sp³-hybridized carbons (Fsp3) is 1.00. The third-order valence-corrected chi connectivity index (χ3v) is 4.76. The Morgan fingerprint density at radius 2 is 1.50 bits per heavy atom. The van der Waals surface area contributed by atoms with Crippen LogP contribution in [-0.4, -0.2) is 5.33 Å². The van der Waals surface area contributed by atoms with Crippen LogP contribution >= 0.6 is 15.9 Å². The van der Waals surface area contributed by atoms with Gasteiger partial charge in [0.05, 0.1) is 0 Å². The normalized spacial score (nSPS) is 15.2. The second-order valence-electron chi connectivity index (χ2n) is 4.24. The summed E-state index contributed by atoms with van der Waals surface area (Å²) in [7, 11) is 0. The lowest BCUT2D eigenvalue weighted by Gasteiger charge is -2.38. The van der Waals surface area contributed by atoms with Crippen LogP contribution in [0.1, 0.15) is 47.5 Å². The first-order valence-corrected chi connectivity index (χ1v) is 6.22. The van der Waals surface area contributed by atoms with Crippen molar-refractivity contribution in [3.05, 3.63) is 0 Å². The minimum absolute atomic E-state index is 0.522. The van der Waals surface area contributed by atoms with E-state index in [0.29, 0.717) is 5.41 Å². The van der Waals surface area contributed by atoms with Crippen molar-refractivity contribution in [2.75, 3.05) is 5.33 Å². The Morgan fingerprint density at radius 3 is 1.58 bits per heavy atom. The molecule has 0 saturated heterocycles. The van der Waals surface area contributed by atoms with Crippen molar-refractivity contribution in [2.45, 2.75) is 47.5 Å². The molecule has 0 nitrogen and oxygen atoms in total. The van der Waals surface area contributed by atoms with Crippen LogP contribution in [0.3, 0.4) is 0 Å². The first-order valence-electron chi connectivity index (χ1n) is 5.10. The van der Waals surface area contributed by atoms with Gasteiger partial charge in [-0.15, -0.1) is 0 Å². The van der Waals surface area contributed by atoms with Crippen molar-refractivity contribution < 1.29 is 0 Å². The average Bonchev–Trinajstić information content (AvgIpc) is 2.08. The summed E-state index contributed by atoms with van der Waals surface area (Å²) >= 11 is 3.66. The second kappa shape index (κ2) is 5.26. The Labute approximate surface area is 86.3 Å². The van der Waals surface area contributed by atoms with Gasteiger partial charge in [-0.1, -0.05) is 50.5 Å². The molecule has 1 heteroatoms. The first-order chi connectivity index (χ1) is 5.54. The molecule has 1 unspecified atom stereocenters. The highest BCUT2D eigenvalue weighted by atomic mass is 79.9. The zero-order valence-corrected chi connectivity index (χ0v) is 10.7. The maximum Gasteiger partial charge on any atom is 0.00904 e. The predicted octanol–water partition coefficient (Wildman–Crippen LogP) is 4.48. The molecule has 0 aromatic heterocycles. The molecule has 0 aromatic rings. The van der Waals surface area contributed by atoms with E-state index in [1.54, 1.807) is 0 Å². The molecule has 74 valence electrons. The van der Waals surface area contributed by atoms with E-state index in [4.69, 9.17) is 0 Å². The van der Waals surface area contributed by atoms with E-state index in [1.807, 2.05) is 0 Å². The van der Waals surface area contributed by atoms with Crippen molar-refractivity contribution >= 4 is 15.9 Å². The number of rotatable bonds is 5. The van der Waals surface area contributed by atoms with Gasteiger partial charge in [-0.2, -0.15) is 0 Å². The molecule has 0 radical (unpaired) electrons. The molecular formula is C11H23Br. The molecule has 0 aliphatic heterocycles. The largest absolute Gasteiger partial charge is 0.0922 e. The van der Waals surface area contributed by atoms with Crippen LogP contribution in [0.2, 0.25) is 0 Å². The van der Waals surface area contributed by atoms with Gasteiger partial charge < -0.3 is 0 Å². The van der Waals surface area contributed by atoms with Crippen LogP contribution in [0, 0.1) is 17.3 Å². The Bertz CT molecular complexity index is 106. The summed E-state index contributed by atoms with van der Waals surface area (Å²) in [5, 5.41) is 1.15. The summed E-state index contributed by atoms with van der Waals surface area (Å²) in [5.74, 6) is 1.61. The summed E-state index contributed by atoms with van der Waals surface area (Å²) < 4.78 is 0. The highest BCUT2D eigenvalue weighted by molar-refractivity contribution is 9.09. The van der Waals surface area contributed by atoms with E-state index >= 15 is 0 Å². The topological polar surface area (TPSA) is 0 Å². The Morgan fingerprint density at radius 1 is 1.08 bits per heavy atom. The average molecular weight is 235 g/mol. The van der Waals surface area contributed by atoms with Crippen LogP contribution in [0.15, 0.2) is 0 Å². The van der Waals surface area contributed by atoms with Crippen molar-refractivity contribution in [3.63, 3.8) is 0 Å². The lowest BCUT2D eigenvalue weighted by molar-refractivity contribution is 0.146. The molecule has 0 saturated carbocycles. The van der Waals surface area contributed by atoms with Crippen LogP contribution in [0.4, 0.5) is 0 Å². The van der Waals surface area contributed by atoms with E-state index in [2.05, 4.69) is 50.5 Å². The number of alkyl halides is 1. The summed E-state index contributed by atoms with van der Waals surface area (Å²) in [4.78, 5) is 0. The van der Waals surface area contributed by atoms with Gasteiger partial charge in [-0.05, 0) is 30.1 Å². The SMILES string of the molecule is CCC(CC)(CBr)C(C)C(C)C. The van der Waals surface area contributed by atoms with E-state index in [9.17, 15) is 0 Å². The van der Waals surface area contributed by atoms with Crippen LogP contribution < -0.4 is 0 Å². The lowest BCUT2D eigenvalue weighted by atomic mass is 9.69. The number of halogens is 1. The van der Waals surface area contributed by atoms with Crippen LogP contribution in [-0.2, 0) is 0 Å². The van der Waals surface area contributed by atoms with Crippen molar-refractivity contribution in [2.24, 2.45) is 17.3 Å². The summed E-state index contributed by atoms with van der Waals surface area (Å²) in [5.41, 5.74) is 0.522. The van der Waals surface area contributed by atoms with Gasteiger partial charge in [0.2, 0.25) is 0 Å². The molecule has 12 heavy (non-hydrogen) atoms. The summed E-state index contributed by atoms with van der Waals surface area (Å²) in [6.45, 7) is 11.7. The molecule has 0 amide bonds. The molecule has 0 fully saturated rings. The van der Waals surface area contributed by atoms with Crippen LogP contribution in [0.5, 0.6) is 0 Å². The highest BCUT2D eigenvalue weighted by Gasteiger charge is 2.32. The van der Waals surface area contributed by atoms with E-state index in [0.717, 1.165) is 17.2 Å². The Balaban J connectivity index is 4.46. The molecule has 0 bridgehead atoms. The quantitative estimate of drug-likeness (QED) is 0.616. The van der Waals surface area contributed by atoms with Crippen molar-refractivity contribution in [3.8, 4) is 0 Å². The number of hydrogen-bond donors (Lipinski definition) is 0. The van der Waals surface area contributed by atoms with Gasteiger partial charge in [0.15, 0.2) is 0 Å². The predicted molar refractivity (Wildman–Crippen MR) is 60.8 cm³/mol. The molecule has 0 aromatic carbocycles. The Hall–Kier alpha value is 0.480. The molecule has 0 aliphatic carbocycles. The van der Waals surface area contributed by atoms with Gasteiger partial charge >= 0.3 is 0 Å². The molecular weight excluding hydrogens is 212 g/mol. The fourth-order valence-corrected chi connectivity index (χ4v) is 3.22. The van der Waals surface area contributed by atoms with Gasteiger partial charge in [-0.25, -0.2) is 0 Å². The second-order valence-corrected chi connectivity index (χ2v) is 4.80. The molecule has 0 N–H and O–H groups in total. The maximum absolute atomic E-state index is 3.66. The first kappa shape index (κ1) is 12.5. The van der Waals surface area contributed by atoms with E-state index in [1.165, 1.54) is 12.8 Å². The van der Waals surface area contributed by atoms with Crippen molar-refractivity contribution in [1.82, 2.24) is 0 Å². The van der Waals surface area contributed by atoms with Crippen LogP contribution in [0.25, 0.3) is 0 Å². The lowest BCUT2D eigenvalue weighted by Crippen LogP contribution is -2.32. The minimum atomic E-state index is 0.522. The van der Waals surface area contributed by atoms with E-state index in [-0.39, 0.29) is 0 Å². The van der Waals surface area contributed by atoms with E-state index < -0.39 is 0 Å². The zero-order valence-electron chi connectivity index (χ0n) is 9.15. The van der Waals surface area contributed by atoms with Gasteiger partial charge in [0, 0.05) is 5.33 Å². The monoisotopic (exact) mass is 234 g/mol. The summed E-state index contributed by atoms with van der Waals surface area (Å²) in [6, 6.07) is 0. The zero-order chi connectivity index (χ0) is 9.78. The molecule has 0 heterocycles. The molecule has 0 rings (SSSR count). The molecule has 1 atom stereocenters. The molecule has 0 spiro atoms. The maximum atomic E-state index is 3.66. The third kappa shape index (κ3) is 2.48. The van der Waals surface area contributed by atoms with Gasteiger partial charge in [0.1, 0.15) is 0 Å². The van der Waals surface area contributed by atoms with Gasteiger partial charge in [-0.3, -0.25) is 0 Å². The third-order valence-electron chi connectivity index (χ3n) is 3.64. The molecule has 0 aliphatic rings. The van der Waals surface area contributed by atoms with Crippen molar-refractivity contribution in [1.29, 1.82) is 0 Å².